The zero-order valence-corrected chi connectivity index (χ0v) is 24.4. The number of carbonyl (C=O) groups is 2. The molecule has 0 unspecified atom stereocenters. The van der Waals surface area contributed by atoms with Gasteiger partial charge in [0.2, 0.25) is 0 Å². The van der Waals surface area contributed by atoms with Gasteiger partial charge < -0.3 is 30.0 Å². The third kappa shape index (κ3) is 6.83. The average molecular weight is 580 g/mol. The maximum Gasteiger partial charge on any atom is 0.277 e. The van der Waals surface area contributed by atoms with E-state index in [2.05, 4.69) is 56.6 Å². The molecule has 0 atom stereocenters. The van der Waals surface area contributed by atoms with Crippen LogP contribution in [0.25, 0.3) is 0 Å². The molecular weight excluding hydrogens is 542 g/mol. The van der Waals surface area contributed by atoms with Crippen LogP contribution in [0.1, 0.15) is 63.0 Å². The number of rotatable bonds is 10. The SMILES string of the molecule is Cc1ccccc1N1CCN(c2ccc(C(=O)NCCCc3cccc(O)c3)cc2NC(=O)c2coc(C3CC3)n2)CC1. The lowest BCUT2D eigenvalue weighted by atomic mass is 10.1. The number of nitrogens with one attached hydrogen (secondary N) is 2. The lowest BCUT2D eigenvalue weighted by Crippen LogP contribution is -2.47. The van der Waals surface area contributed by atoms with Gasteiger partial charge in [-0.1, -0.05) is 30.3 Å². The van der Waals surface area contributed by atoms with E-state index in [-0.39, 0.29) is 23.3 Å². The van der Waals surface area contributed by atoms with Crippen LogP contribution >= 0.6 is 0 Å². The highest BCUT2D eigenvalue weighted by atomic mass is 16.3. The van der Waals surface area contributed by atoms with Crippen LogP contribution in [0.4, 0.5) is 17.1 Å². The first-order valence-electron chi connectivity index (χ1n) is 15.0. The summed E-state index contributed by atoms with van der Waals surface area (Å²) >= 11 is 0. The Morgan fingerprint density at radius 3 is 2.44 bits per heavy atom. The number of aryl methyl sites for hydroxylation is 2. The lowest BCUT2D eigenvalue weighted by Gasteiger charge is -2.38. The number of carbonyl (C=O) groups excluding carboxylic acids is 2. The first-order valence-corrected chi connectivity index (χ1v) is 15.0. The number of para-hydroxylation sites is 1. The summed E-state index contributed by atoms with van der Waals surface area (Å²) in [7, 11) is 0. The van der Waals surface area contributed by atoms with E-state index in [4.69, 9.17) is 4.42 Å². The Hall–Kier alpha value is -4.79. The van der Waals surface area contributed by atoms with E-state index >= 15 is 0 Å². The Morgan fingerprint density at radius 1 is 0.930 bits per heavy atom. The molecule has 2 fully saturated rings. The fraction of sp³-hybridized carbons (Fsp3) is 0.324. The van der Waals surface area contributed by atoms with Crippen molar-refractivity contribution in [3.05, 3.63) is 101 Å². The second-order valence-corrected chi connectivity index (χ2v) is 11.3. The highest BCUT2D eigenvalue weighted by Crippen LogP contribution is 2.39. The number of hydrogen-bond donors (Lipinski definition) is 3. The molecule has 6 rings (SSSR count). The maximum atomic E-state index is 13.3. The van der Waals surface area contributed by atoms with Gasteiger partial charge in [0.1, 0.15) is 12.0 Å². The second kappa shape index (κ2) is 12.6. The monoisotopic (exact) mass is 579 g/mol. The number of hydrogen-bond acceptors (Lipinski definition) is 7. The van der Waals surface area contributed by atoms with E-state index in [0.717, 1.165) is 63.1 Å². The number of nitrogens with zero attached hydrogens (tertiary/aromatic N) is 3. The van der Waals surface area contributed by atoms with Crippen LogP contribution in [0.15, 0.2) is 77.4 Å². The Morgan fingerprint density at radius 2 is 1.70 bits per heavy atom. The molecule has 9 nitrogen and oxygen atoms in total. The highest BCUT2D eigenvalue weighted by Gasteiger charge is 2.30. The number of amides is 2. The van der Waals surface area contributed by atoms with Crippen molar-refractivity contribution >= 4 is 28.9 Å². The van der Waals surface area contributed by atoms with E-state index in [1.54, 1.807) is 18.2 Å². The van der Waals surface area contributed by atoms with E-state index in [1.165, 1.54) is 17.5 Å². The molecule has 1 saturated carbocycles. The molecular formula is C34H37N5O4. The highest BCUT2D eigenvalue weighted by molar-refractivity contribution is 6.06. The zero-order chi connectivity index (χ0) is 29.8. The Kier molecular flexibility index (Phi) is 8.31. The summed E-state index contributed by atoms with van der Waals surface area (Å²) in [6.45, 7) is 5.84. The summed E-state index contributed by atoms with van der Waals surface area (Å²) in [6, 6.07) is 21.0. The predicted octanol–water partition coefficient (Wildman–Crippen LogP) is 5.51. The fourth-order valence-electron chi connectivity index (χ4n) is 5.56. The molecule has 3 aromatic carbocycles. The molecule has 0 bridgehead atoms. The Labute approximate surface area is 251 Å². The first-order chi connectivity index (χ1) is 20.9. The van der Waals surface area contributed by atoms with Crippen molar-refractivity contribution < 1.29 is 19.1 Å². The number of aromatic nitrogens is 1. The summed E-state index contributed by atoms with van der Waals surface area (Å²) in [5.74, 6) is 0.582. The topological polar surface area (TPSA) is 111 Å². The van der Waals surface area contributed by atoms with Crippen LogP contribution in [0.3, 0.4) is 0 Å². The number of aromatic hydroxyl groups is 1. The van der Waals surface area contributed by atoms with Gasteiger partial charge in [-0.05, 0) is 80.1 Å². The minimum Gasteiger partial charge on any atom is -0.508 e. The molecule has 1 aromatic heterocycles. The van der Waals surface area contributed by atoms with Crippen molar-refractivity contribution in [2.45, 2.75) is 38.5 Å². The molecule has 2 heterocycles. The third-order valence-corrected chi connectivity index (χ3v) is 8.10. The lowest BCUT2D eigenvalue weighted by molar-refractivity contribution is 0.0951. The van der Waals surface area contributed by atoms with Gasteiger partial charge in [0.15, 0.2) is 11.6 Å². The van der Waals surface area contributed by atoms with E-state index in [9.17, 15) is 14.7 Å². The van der Waals surface area contributed by atoms with Gasteiger partial charge in [-0.25, -0.2) is 4.98 Å². The largest absolute Gasteiger partial charge is 0.508 e. The molecule has 0 spiro atoms. The van der Waals surface area contributed by atoms with E-state index < -0.39 is 0 Å². The van der Waals surface area contributed by atoms with Crippen LogP contribution in [0.5, 0.6) is 5.75 Å². The third-order valence-electron chi connectivity index (χ3n) is 8.10. The van der Waals surface area contributed by atoms with Gasteiger partial charge in [-0.2, -0.15) is 0 Å². The number of phenols is 1. The van der Waals surface area contributed by atoms with Crippen molar-refractivity contribution in [1.82, 2.24) is 10.3 Å². The summed E-state index contributed by atoms with van der Waals surface area (Å²) < 4.78 is 5.55. The summed E-state index contributed by atoms with van der Waals surface area (Å²) in [6.07, 6.45) is 4.95. The fourth-order valence-corrected chi connectivity index (χ4v) is 5.56. The molecule has 3 N–H and O–H groups in total. The van der Waals surface area contributed by atoms with Crippen LogP contribution in [-0.2, 0) is 6.42 Å². The van der Waals surface area contributed by atoms with Crippen molar-refractivity contribution in [3.63, 3.8) is 0 Å². The molecule has 1 aliphatic heterocycles. The molecule has 4 aromatic rings. The molecule has 2 aliphatic rings. The minimum absolute atomic E-state index is 0.209. The minimum atomic E-state index is -0.362. The number of anilines is 3. The van der Waals surface area contributed by atoms with Gasteiger partial charge in [0, 0.05) is 49.9 Å². The first kappa shape index (κ1) is 28.3. The molecule has 0 radical (unpaired) electrons. The Balaban J connectivity index is 1.15. The van der Waals surface area contributed by atoms with Crippen molar-refractivity contribution in [3.8, 4) is 5.75 Å². The summed E-state index contributed by atoms with van der Waals surface area (Å²) in [5.41, 5.74) is 5.64. The van der Waals surface area contributed by atoms with Crippen molar-refractivity contribution in [2.75, 3.05) is 47.8 Å². The smallest absolute Gasteiger partial charge is 0.277 e. The maximum absolute atomic E-state index is 13.3. The van der Waals surface area contributed by atoms with Gasteiger partial charge in [0.05, 0.1) is 11.4 Å². The predicted molar refractivity (Wildman–Crippen MR) is 167 cm³/mol. The molecule has 2 amide bonds. The molecule has 9 heteroatoms. The van der Waals surface area contributed by atoms with Crippen molar-refractivity contribution in [2.24, 2.45) is 0 Å². The number of piperazine rings is 1. The zero-order valence-electron chi connectivity index (χ0n) is 24.4. The van der Waals surface area contributed by atoms with E-state index in [0.29, 0.717) is 29.6 Å². The van der Waals surface area contributed by atoms with Crippen molar-refractivity contribution in [1.29, 1.82) is 0 Å². The standard InChI is InChI=1S/C34H37N5O4/c1-23-6-2-3-10-30(23)38-16-18-39(19-17-38)31-14-13-26(32(41)35-15-5-8-24-7-4-9-27(40)20-24)21-28(31)36-33(42)29-22-43-34(37-29)25-11-12-25/h2-4,6-7,9-10,13-14,20-22,25,40H,5,8,11-12,15-19H2,1H3,(H,35,41)(H,36,42). The van der Waals surface area contributed by atoms with Crippen LogP contribution in [0.2, 0.25) is 0 Å². The summed E-state index contributed by atoms with van der Waals surface area (Å²) in [4.78, 5) is 35.4. The molecule has 1 aliphatic carbocycles. The van der Waals surface area contributed by atoms with Crippen LogP contribution in [-0.4, -0.2) is 54.6 Å². The van der Waals surface area contributed by atoms with Crippen LogP contribution in [0, 0.1) is 6.92 Å². The van der Waals surface area contributed by atoms with Crippen LogP contribution < -0.4 is 20.4 Å². The van der Waals surface area contributed by atoms with Gasteiger partial charge in [-0.15, -0.1) is 0 Å². The normalized spacial score (nSPS) is 14.9. The summed E-state index contributed by atoms with van der Waals surface area (Å²) in [5, 5.41) is 15.7. The average Bonchev–Trinajstić information content (AvgIpc) is 3.75. The number of phenolic OH excluding ortho intramolecular Hbond substituents is 1. The molecule has 222 valence electrons. The van der Waals surface area contributed by atoms with Gasteiger partial charge in [-0.3, -0.25) is 9.59 Å². The van der Waals surface area contributed by atoms with E-state index in [1.807, 2.05) is 24.3 Å². The van der Waals surface area contributed by atoms with Gasteiger partial charge in [0.25, 0.3) is 11.8 Å². The quantitative estimate of drug-likeness (QED) is 0.213. The molecule has 1 saturated heterocycles. The number of benzene rings is 3. The molecule has 43 heavy (non-hydrogen) atoms. The number of oxazole rings is 1. The Bertz CT molecular complexity index is 1600. The second-order valence-electron chi connectivity index (χ2n) is 11.3. The van der Waals surface area contributed by atoms with Gasteiger partial charge >= 0.3 is 0 Å².